The fourth-order valence-corrected chi connectivity index (χ4v) is 4.81. The minimum atomic E-state index is -4.02. The van der Waals surface area contributed by atoms with Gasteiger partial charge in [-0.3, -0.25) is 4.79 Å². The molecule has 9 heteroatoms. The van der Waals surface area contributed by atoms with Crippen LogP contribution in [0.15, 0.2) is 77.7 Å². The summed E-state index contributed by atoms with van der Waals surface area (Å²) in [6.07, 6.45) is 0.142. The summed E-state index contributed by atoms with van der Waals surface area (Å²) in [7, 11) is -4.02. The molecule has 3 rings (SSSR count). The Bertz CT molecular complexity index is 1290. The lowest BCUT2D eigenvalue weighted by Crippen LogP contribution is -2.45. The maximum atomic E-state index is 13.2. The van der Waals surface area contributed by atoms with Crippen molar-refractivity contribution in [1.29, 1.82) is 0 Å². The molecule has 1 atom stereocenters. The zero-order chi connectivity index (χ0) is 26.1. The van der Waals surface area contributed by atoms with E-state index in [1.807, 2.05) is 37.3 Å². The monoisotopic (exact) mass is 510 g/mol. The minimum absolute atomic E-state index is 0.0353. The Balaban J connectivity index is 1.82. The molecule has 36 heavy (non-hydrogen) atoms. The largest absolute Gasteiger partial charge is 0.494 e. The van der Waals surface area contributed by atoms with E-state index in [4.69, 9.17) is 9.47 Å². The summed E-state index contributed by atoms with van der Waals surface area (Å²) in [6.45, 7) is 6.05. The number of anilines is 1. The van der Waals surface area contributed by atoms with Crippen molar-refractivity contribution < 1.29 is 27.5 Å². The maximum absolute atomic E-state index is 13.2. The number of hydrogen-bond donors (Lipinski definition) is 2. The fourth-order valence-electron chi connectivity index (χ4n) is 3.53. The van der Waals surface area contributed by atoms with Gasteiger partial charge in [0, 0.05) is 5.69 Å². The Labute approximate surface area is 211 Å². The van der Waals surface area contributed by atoms with Gasteiger partial charge in [-0.05, 0) is 80.8 Å². The average Bonchev–Trinajstić information content (AvgIpc) is 2.86. The van der Waals surface area contributed by atoms with Crippen LogP contribution < -0.4 is 14.8 Å². The van der Waals surface area contributed by atoms with Gasteiger partial charge in [0.1, 0.15) is 11.8 Å². The first-order chi connectivity index (χ1) is 17.2. The van der Waals surface area contributed by atoms with Crippen molar-refractivity contribution in [3.05, 3.63) is 89.5 Å². The quantitative estimate of drug-likeness (QED) is 0.376. The van der Waals surface area contributed by atoms with Crippen LogP contribution in [-0.4, -0.2) is 39.5 Å². The van der Waals surface area contributed by atoms with Crippen LogP contribution in [0, 0.1) is 6.92 Å². The van der Waals surface area contributed by atoms with Crippen LogP contribution in [0.3, 0.4) is 0 Å². The first kappa shape index (κ1) is 26.9. The molecule has 2 N–H and O–H groups in total. The van der Waals surface area contributed by atoms with Gasteiger partial charge in [0.05, 0.1) is 23.7 Å². The molecule has 8 nitrogen and oxygen atoms in total. The molecule has 0 aromatic heterocycles. The molecule has 0 bridgehead atoms. The summed E-state index contributed by atoms with van der Waals surface area (Å²) < 4.78 is 39.4. The standard InChI is InChI=1S/C27H30N2O6S/c1-4-34-25-16-15-23(17-19(25)3)36(32,33)29-24(18-20-9-7-6-8-10-20)26(30)28-22-13-11-21(12-14-22)27(31)35-5-2/h6-17,24,29H,4-5,18H2,1-3H3,(H,28,30)/t24-/m0/s1. The van der Waals surface area contributed by atoms with E-state index in [1.54, 1.807) is 32.0 Å². The van der Waals surface area contributed by atoms with Gasteiger partial charge >= 0.3 is 5.97 Å². The lowest BCUT2D eigenvalue weighted by atomic mass is 10.1. The van der Waals surface area contributed by atoms with Crippen molar-refractivity contribution in [3.8, 4) is 5.75 Å². The van der Waals surface area contributed by atoms with Gasteiger partial charge in [0.2, 0.25) is 15.9 Å². The highest BCUT2D eigenvalue weighted by Gasteiger charge is 2.27. The second-order valence-corrected chi connectivity index (χ2v) is 9.72. The van der Waals surface area contributed by atoms with Crippen LogP contribution in [0.5, 0.6) is 5.75 Å². The molecule has 0 radical (unpaired) electrons. The highest BCUT2D eigenvalue weighted by atomic mass is 32.2. The molecular formula is C27H30N2O6S. The third kappa shape index (κ3) is 7.16. The fraction of sp³-hybridized carbons (Fsp3) is 0.259. The van der Waals surface area contributed by atoms with Crippen LogP contribution >= 0.6 is 0 Å². The van der Waals surface area contributed by atoms with E-state index in [0.29, 0.717) is 29.2 Å². The number of ether oxygens (including phenoxy) is 2. The summed E-state index contributed by atoms with van der Waals surface area (Å²) in [5.41, 5.74) is 2.23. The molecular weight excluding hydrogens is 480 g/mol. The number of carbonyl (C=O) groups excluding carboxylic acids is 2. The van der Waals surface area contributed by atoms with Gasteiger partial charge < -0.3 is 14.8 Å². The maximum Gasteiger partial charge on any atom is 0.338 e. The molecule has 0 spiro atoms. The molecule has 3 aromatic carbocycles. The molecule has 0 saturated heterocycles. The van der Waals surface area contributed by atoms with Gasteiger partial charge in [0.25, 0.3) is 0 Å². The minimum Gasteiger partial charge on any atom is -0.494 e. The van der Waals surface area contributed by atoms with E-state index in [-0.39, 0.29) is 17.9 Å². The van der Waals surface area contributed by atoms with Crippen LogP contribution in [-0.2, 0) is 26.0 Å². The second kappa shape index (κ2) is 12.3. The average molecular weight is 511 g/mol. The van der Waals surface area contributed by atoms with Crippen LogP contribution in [0.25, 0.3) is 0 Å². The summed E-state index contributed by atoms with van der Waals surface area (Å²) >= 11 is 0. The molecule has 1 amide bonds. The predicted molar refractivity (Wildman–Crippen MR) is 138 cm³/mol. The number of aryl methyl sites for hydroxylation is 1. The van der Waals surface area contributed by atoms with Gasteiger partial charge in [-0.15, -0.1) is 0 Å². The summed E-state index contributed by atoms with van der Waals surface area (Å²) in [5, 5.41) is 2.73. The Hall–Kier alpha value is -3.69. The highest BCUT2D eigenvalue weighted by molar-refractivity contribution is 7.89. The molecule has 0 saturated carbocycles. The number of benzene rings is 3. The molecule has 0 heterocycles. The van der Waals surface area contributed by atoms with E-state index in [1.165, 1.54) is 24.3 Å². The lowest BCUT2D eigenvalue weighted by Gasteiger charge is -2.19. The van der Waals surface area contributed by atoms with E-state index in [2.05, 4.69) is 10.0 Å². The topological polar surface area (TPSA) is 111 Å². The van der Waals surface area contributed by atoms with Crippen LogP contribution in [0.4, 0.5) is 5.69 Å². The SMILES string of the molecule is CCOC(=O)c1ccc(NC(=O)[C@H](Cc2ccccc2)NS(=O)(=O)c2ccc(OCC)c(C)c2)cc1. The zero-order valence-corrected chi connectivity index (χ0v) is 21.3. The molecule has 190 valence electrons. The number of nitrogens with one attached hydrogen (secondary N) is 2. The van der Waals surface area contributed by atoms with Gasteiger partial charge in [-0.25, -0.2) is 13.2 Å². The van der Waals surface area contributed by atoms with Crippen LogP contribution in [0.1, 0.15) is 35.3 Å². The Morgan fingerprint density at radius 3 is 2.22 bits per heavy atom. The first-order valence-corrected chi connectivity index (χ1v) is 13.1. The van der Waals surface area contributed by atoms with Crippen molar-refractivity contribution in [1.82, 2.24) is 4.72 Å². The highest BCUT2D eigenvalue weighted by Crippen LogP contribution is 2.22. The van der Waals surface area contributed by atoms with E-state index in [0.717, 1.165) is 5.56 Å². The number of amides is 1. The van der Waals surface area contributed by atoms with Crippen molar-refractivity contribution in [2.45, 2.75) is 38.1 Å². The van der Waals surface area contributed by atoms with Gasteiger partial charge in [-0.2, -0.15) is 4.72 Å². The Morgan fingerprint density at radius 1 is 0.917 bits per heavy atom. The molecule has 0 aliphatic heterocycles. The molecule has 0 aliphatic rings. The van der Waals surface area contributed by atoms with Gasteiger partial charge in [-0.1, -0.05) is 30.3 Å². The molecule has 0 unspecified atom stereocenters. The van der Waals surface area contributed by atoms with Crippen molar-refractivity contribution in [2.75, 3.05) is 18.5 Å². The summed E-state index contributed by atoms with van der Waals surface area (Å²) in [6, 6.07) is 18.8. The lowest BCUT2D eigenvalue weighted by molar-refractivity contribution is -0.117. The van der Waals surface area contributed by atoms with E-state index in [9.17, 15) is 18.0 Å². The Morgan fingerprint density at radius 2 is 1.61 bits per heavy atom. The zero-order valence-electron chi connectivity index (χ0n) is 20.5. The Kier molecular flexibility index (Phi) is 9.21. The second-order valence-electron chi connectivity index (χ2n) is 8.01. The van der Waals surface area contributed by atoms with Crippen LogP contribution in [0.2, 0.25) is 0 Å². The third-order valence-electron chi connectivity index (χ3n) is 5.32. The number of hydrogen-bond acceptors (Lipinski definition) is 6. The molecule has 0 aliphatic carbocycles. The van der Waals surface area contributed by atoms with Crippen molar-refractivity contribution in [2.24, 2.45) is 0 Å². The molecule has 3 aromatic rings. The van der Waals surface area contributed by atoms with E-state index < -0.39 is 27.9 Å². The summed E-state index contributed by atoms with van der Waals surface area (Å²) in [4.78, 5) is 25.1. The first-order valence-electron chi connectivity index (χ1n) is 11.6. The number of esters is 1. The normalized spacial score (nSPS) is 12.0. The van der Waals surface area contributed by atoms with Gasteiger partial charge in [0.15, 0.2) is 0 Å². The van der Waals surface area contributed by atoms with E-state index >= 15 is 0 Å². The number of sulfonamides is 1. The number of carbonyl (C=O) groups is 2. The number of rotatable bonds is 11. The third-order valence-corrected chi connectivity index (χ3v) is 6.79. The van der Waals surface area contributed by atoms with Crippen molar-refractivity contribution >= 4 is 27.6 Å². The molecule has 0 fully saturated rings. The van der Waals surface area contributed by atoms with Crippen molar-refractivity contribution in [3.63, 3.8) is 0 Å². The summed E-state index contributed by atoms with van der Waals surface area (Å²) in [5.74, 6) is -0.397. The predicted octanol–water partition coefficient (Wildman–Crippen LogP) is 4.10. The smallest absolute Gasteiger partial charge is 0.338 e.